The molecule has 2 rings (SSSR count). The summed E-state index contributed by atoms with van der Waals surface area (Å²) in [6.07, 6.45) is -3.53. The summed E-state index contributed by atoms with van der Waals surface area (Å²) >= 11 is 0. The zero-order valence-electron chi connectivity index (χ0n) is 12.4. The lowest BCUT2D eigenvalue weighted by molar-refractivity contribution is 0.0403. The van der Waals surface area contributed by atoms with Crippen molar-refractivity contribution < 1.29 is 38.4 Å². The molecule has 0 saturated heterocycles. The Kier molecular flexibility index (Phi) is 5.35. The maximum atomic E-state index is 12.0. The monoisotopic (exact) mass is 332 g/mol. The molecule has 1 N–H and O–H groups in total. The standard InChI is InChI=1S/C16H12O8/c1-21-10-5-4-6-11(9-10)22-13-8-3-2-7-12(13)14(17)23-16(20)24-15(18)19/h2-9H,1H3,(H,18,19). The molecule has 0 spiro atoms. The average molecular weight is 332 g/mol. The fraction of sp³-hybridized carbons (Fsp3) is 0.0625. The Hall–Kier alpha value is -3.55. The molecule has 0 heterocycles. The van der Waals surface area contributed by atoms with Gasteiger partial charge in [-0.05, 0) is 24.3 Å². The summed E-state index contributed by atoms with van der Waals surface area (Å²) in [5.74, 6) is -0.0565. The summed E-state index contributed by atoms with van der Waals surface area (Å²) in [7, 11) is 1.50. The number of rotatable bonds is 4. The molecule has 0 atom stereocenters. The van der Waals surface area contributed by atoms with E-state index in [1.54, 1.807) is 30.3 Å². The van der Waals surface area contributed by atoms with E-state index in [2.05, 4.69) is 9.47 Å². The molecule has 0 aliphatic rings. The Morgan fingerprint density at radius 2 is 1.62 bits per heavy atom. The van der Waals surface area contributed by atoms with Gasteiger partial charge in [-0.3, -0.25) is 0 Å². The quantitative estimate of drug-likeness (QED) is 0.670. The first kappa shape index (κ1) is 16.8. The van der Waals surface area contributed by atoms with E-state index in [1.165, 1.54) is 25.3 Å². The predicted molar refractivity (Wildman–Crippen MR) is 79.4 cm³/mol. The Labute approximate surface area is 136 Å². The van der Waals surface area contributed by atoms with Crippen molar-refractivity contribution in [3.63, 3.8) is 0 Å². The number of hydrogen-bond donors (Lipinski definition) is 1. The highest BCUT2D eigenvalue weighted by Crippen LogP contribution is 2.28. The molecule has 0 fully saturated rings. The van der Waals surface area contributed by atoms with Crippen molar-refractivity contribution in [3.8, 4) is 17.2 Å². The van der Waals surface area contributed by atoms with Crippen LogP contribution in [-0.4, -0.2) is 30.5 Å². The Bertz CT molecular complexity index is 768. The van der Waals surface area contributed by atoms with Crippen LogP contribution in [-0.2, 0) is 9.47 Å². The number of esters is 1. The van der Waals surface area contributed by atoms with Crippen molar-refractivity contribution in [2.75, 3.05) is 7.11 Å². The normalized spacial score (nSPS) is 9.71. The molecule has 0 radical (unpaired) electrons. The van der Waals surface area contributed by atoms with Crippen LogP contribution in [0.1, 0.15) is 10.4 Å². The number of methoxy groups -OCH3 is 1. The smallest absolute Gasteiger partial charge is 0.497 e. The largest absolute Gasteiger partial charge is 0.526 e. The van der Waals surface area contributed by atoms with Crippen LogP contribution in [0.15, 0.2) is 48.5 Å². The molecule has 8 nitrogen and oxygen atoms in total. The molecular formula is C16H12O8. The molecular weight excluding hydrogens is 320 g/mol. The van der Waals surface area contributed by atoms with E-state index < -0.39 is 18.3 Å². The lowest BCUT2D eigenvalue weighted by Crippen LogP contribution is -2.17. The summed E-state index contributed by atoms with van der Waals surface area (Å²) in [4.78, 5) is 33.3. The minimum atomic E-state index is -1.88. The lowest BCUT2D eigenvalue weighted by atomic mass is 10.2. The molecule has 0 unspecified atom stereocenters. The molecule has 0 amide bonds. The number of hydrogen-bond acceptors (Lipinski definition) is 7. The van der Waals surface area contributed by atoms with Crippen molar-refractivity contribution in [3.05, 3.63) is 54.1 Å². The molecule has 24 heavy (non-hydrogen) atoms. The second kappa shape index (κ2) is 7.63. The Morgan fingerprint density at radius 1 is 0.917 bits per heavy atom. The molecule has 0 aliphatic heterocycles. The van der Waals surface area contributed by atoms with Gasteiger partial charge in [0.2, 0.25) is 0 Å². The van der Waals surface area contributed by atoms with Gasteiger partial charge in [0.05, 0.1) is 7.11 Å². The van der Waals surface area contributed by atoms with Crippen molar-refractivity contribution in [2.24, 2.45) is 0 Å². The van der Waals surface area contributed by atoms with Gasteiger partial charge in [-0.25, -0.2) is 14.4 Å². The average Bonchev–Trinajstić information content (AvgIpc) is 2.54. The molecule has 2 aromatic carbocycles. The van der Waals surface area contributed by atoms with Crippen LogP contribution in [0.4, 0.5) is 9.59 Å². The second-order valence-electron chi connectivity index (χ2n) is 4.28. The minimum Gasteiger partial charge on any atom is -0.497 e. The highest BCUT2D eigenvalue weighted by molar-refractivity contribution is 5.98. The van der Waals surface area contributed by atoms with Gasteiger partial charge in [-0.15, -0.1) is 0 Å². The molecule has 124 valence electrons. The summed E-state index contributed by atoms with van der Waals surface area (Å²) < 4.78 is 18.7. The first-order valence-electron chi connectivity index (χ1n) is 6.57. The molecule has 2 aromatic rings. The van der Waals surface area contributed by atoms with E-state index in [1.807, 2.05) is 0 Å². The van der Waals surface area contributed by atoms with Crippen LogP contribution >= 0.6 is 0 Å². The summed E-state index contributed by atoms with van der Waals surface area (Å²) in [5.41, 5.74) is -0.0809. The molecule has 0 bridgehead atoms. The lowest BCUT2D eigenvalue weighted by Gasteiger charge is -2.10. The summed E-state index contributed by atoms with van der Waals surface area (Å²) in [6, 6.07) is 12.6. The van der Waals surface area contributed by atoms with Crippen LogP contribution in [0, 0.1) is 0 Å². The van der Waals surface area contributed by atoms with Gasteiger partial charge >= 0.3 is 18.3 Å². The van der Waals surface area contributed by atoms with E-state index in [-0.39, 0.29) is 11.3 Å². The van der Waals surface area contributed by atoms with E-state index in [4.69, 9.17) is 14.6 Å². The van der Waals surface area contributed by atoms with Crippen LogP contribution < -0.4 is 9.47 Å². The van der Waals surface area contributed by atoms with E-state index >= 15 is 0 Å². The van der Waals surface area contributed by atoms with E-state index in [9.17, 15) is 14.4 Å². The molecule has 0 aliphatic carbocycles. The van der Waals surface area contributed by atoms with Crippen LogP contribution in [0.2, 0.25) is 0 Å². The number of carbonyl (C=O) groups is 3. The van der Waals surface area contributed by atoms with Crippen molar-refractivity contribution in [2.45, 2.75) is 0 Å². The van der Waals surface area contributed by atoms with Gasteiger partial charge in [0, 0.05) is 6.07 Å². The van der Waals surface area contributed by atoms with Gasteiger partial charge < -0.3 is 24.1 Å². The third-order valence-corrected chi connectivity index (χ3v) is 2.72. The first-order valence-corrected chi connectivity index (χ1v) is 6.57. The fourth-order valence-electron chi connectivity index (χ4n) is 1.74. The van der Waals surface area contributed by atoms with Gasteiger partial charge in [0.1, 0.15) is 22.8 Å². The fourth-order valence-corrected chi connectivity index (χ4v) is 1.74. The van der Waals surface area contributed by atoms with Gasteiger partial charge in [0.25, 0.3) is 0 Å². The third kappa shape index (κ3) is 4.47. The highest BCUT2D eigenvalue weighted by atomic mass is 16.8. The minimum absolute atomic E-state index is 0.0809. The van der Waals surface area contributed by atoms with E-state index in [0.717, 1.165) is 0 Å². The highest BCUT2D eigenvalue weighted by Gasteiger charge is 2.20. The maximum absolute atomic E-state index is 12.0. The van der Waals surface area contributed by atoms with Gasteiger partial charge in [-0.2, -0.15) is 0 Å². The topological polar surface area (TPSA) is 108 Å². The van der Waals surface area contributed by atoms with Crippen LogP contribution in [0.3, 0.4) is 0 Å². The Morgan fingerprint density at radius 3 is 2.33 bits per heavy atom. The second-order valence-corrected chi connectivity index (χ2v) is 4.28. The van der Waals surface area contributed by atoms with Crippen molar-refractivity contribution in [1.82, 2.24) is 0 Å². The SMILES string of the molecule is COc1cccc(Oc2ccccc2C(=O)OC(=O)OC(=O)O)c1. The third-order valence-electron chi connectivity index (χ3n) is 2.72. The van der Waals surface area contributed by atoms with Gasteiger partial charge in [-0.1, -0.05) is 18.2 Å². The number of ether oxygens (including phenoxy) is 4. The van der Waals surface area contributed by atoms with Crippen LogP contribution in [0.25, 0.3) is 0 Å². The summed E-state index contributed by atoms with van der Waals surface area (Å²) in [6.45, 7) is 0. The van der Waals surface area contributed by atoms with Crippen molar-refractivity contribution in [1.29, 1.82) is 0 Å². The molecule has 8 heteroatoms. The zero-order valence-corrected chi connectivity index (χ0v) is 12.4. The number of para-hydroxylation sites is 1. The molecule has 0 aromatic heterocycles. The molecule has 0 saturated carbocycles. The van der Waals surface area contributed by atoms with Crippen LogP contribution in [0.5, 0.6) is 17.2 Å². The first-order chi connectivity index (χ1) is 11.5. The zero-order chi connectivity index (χ0) is 17.5. The predicted octanol–water partition coefficient (Wildman–Crippen LogP) is 3.46. The van der Waals surface area contributed by atoms with Crippen molar-refractivity contribution >= 4 is 18.3 Å². The number of carboxylic acid groups (broad SMARTS) is 1. The number of benzene rings is 2. The maximum Gasteiger partial charge on any atom is 0.526 e. The summed E-state index contributed by atoms with van der Waals surface area (Å²) in [5, 5.41) is 8.30. The Balaban J connectivity index is 2.18. The van der Waals surface area contributed by atoms with Gasteiger partial charge in [0.15, 0.2) is 0 Å². The number of carbonyl (C=O) groups excluding carboxylic acids is 2. The van der Waals surface area contributed by atoms with E-state index in [0.29, 0.717) is 11.5 Å².